The average molecular weight is 324 g/mol. The Kier molecular flexibility index (Phi) is 5.05. The fourth-order valence-corrected chi connectivity index (χ4v) is 2.37. The Morgan fingerprint density at radius 3 is 2.79 bits per heavy atom. The molecule has 0 atom stereocenters. The number of nitrogens with one attached hydrogen (secondary N) is 1. The topological polar surface area (TPSA) is 68.5 Å². The summed E-state index contributed by atoms with van der Waals surface area (Å²) in [6.07, 6.45) is 3.50. The molecule has 2 heterocycles. The number of benzene rings is 1. The van der Waals surface area contributed by atoms with Gasteiger partial charge in [-0.15, -0.1) is 10.2 Å². The van der Waals surface area contributed by atoms with Crippen LogP contribution in [0.1, 0.15) is 29.5 Å². The molecular formula is C18H20N4O2. The number of aromatic nitrogens is 3. The lowest BCUT2D eigenvalue weighted by Gasteiger charge is -2.07. The highest BCUT2D eigenvalue weighted by Gasteiger charge is 2.08. The highest BCUT2D eigenvalue weighted by atomic mass is 16.5. The number of carbonyl (C=O) groups is 1. The van der Waals surface area contributed by atoms with Gasteiger partial charge in [-0.1, -0.05) is 13.0 Å². The minimum atomic E-state index is -0.106. The van der Waals surface area contributed by atoms with Crippen LogP contribution in [0.25, 0.3) is 5.65 Å². The van der Waals surface area contributed by atoms with Gasteiger partial charge in [0.1, 0.15) is 11.6 Å². The molecule has 3 rings (SSSR count). The molecule has 6 nitrogen and oxygen atoms in total. The van der Waals surface area contributed by atoms with Crippen LogP contribution in [0.2, 0.25) is 0 Å². The van der Waals surface area contributed by atoms with E-state index in [1.54, 1.807) is 12.1 Å². The molecule has 1 N–H and O–H groups in total. The van der Waals surface area contributed by atoms with Crippen molar-refractivity contribution >= 4 is 11.6 Å². The van der Waals surface area contributed by atoms with Crippen molar-refractivity contribution in [2.24, 2.45) is 0 Å². The van der Waals surface area contributed by atoms with Crippen LogP contribution in [0.15, 0.2) is 48.7 Å². The zero-order valence-electron chi connectivity index (χ0n) is 13.6. The summed E-state index contributed by atoms with van der Waals surface area (Å²) in [7, 11) is 0. The van der Waals surface area contributed by atoms with Crippen LogP contribution in [-0.2, 0) is 6.42 Å². The molecule has 1 amide bonds. The van der Waals surface area contributed by atoms with E-state index in [0.29, 0.717) is 25.1 Å². The zero-order chi connectivity index (χ0) is 16.8. The Balaban J connectivity index is 1.53. The van der Waals surface area contributed by atoms with Gasteiger partial charge in [-0.3, -0.25) is 9.20 Å². The van der Waals surface area contributed by atoms with Gasteiger partial charge in [-0.25, -0.2) is 0 Å². The first-order valence-electron chi connectivity index (χ1n) is 8.07. The Labute approximate surface area is 140 Å². The number of ether oxygens (including phenoxy) is 1. The van der Waals surface area contributed by atoms with Crippen molar-refractivity contribution in [2.75, 3.05) is 13.2 Å². The highest BCUT2D eigenvalue weighted by molar-refractivity contribution is 5.94. The van der Waals surface area contributed by atoms with E-state index in [0.717, 1.165) is 23.6 Å². The average Bonchev–Trinajstić information content (AvgIpc) is 3.03. The first kappa shape index (κ1) is 16.0. The van der Waals surface area contributed by atoms with Crippen molar-refractivity contribution < 1.29 is 9.53 Å². The van der Waals surface area contributed by atoms with E-state index in [4.69, 9.17) is 4.74 Å². The van der Waals surface area contributed by atoms with E-state index >= 15 is 0 Å². The van der Waals surface area contributed by atoms with Crippen LogP contribution in [0, 0.1) is 0 Å². The van der Waals surface area contributed by atoms with Crippen LogP contribution in [0.3, 0.4) is 0 Å². The maximum Gasteiger partial charge on any atom is 0.251 e. The number of amides is 1. The van der Waals surface area contributed by atoms with E-state index in [1.807, 2.05) is 40.9 Å². The molecule has 0 saturated heterocycles. The number of hydrogen-bond donors (Lipinski definition) is 1. The molecule has 124 valence electrons. The Hall–Kier alpha value is -2.89. The van der Waals surface area contributed by atoms with E-state index in [9.17, 15) is 4.79 Å². The van der Waals surface area contributed by atoms with Gasteiger partial charge in [0.15, 0.2) is 5.65 Å². The van der Waals surface area contributed by atoms with E-state index in [1.165, 1.54) is 0 Å². The standard InChI is InChI=1S/C18H20N4O2/c1-2-13-24-15-8-6-14(7-9-15)18(23)19-11-10-17-21-20-16-5-3-4-12-22(16)17/h3-9,12H,2,10-11,13H2,1H3,(H,19,23). The molecule has 0 aliphatic heterocycles. The molecule has 6 heteroatoms. The minimum absolute atomic E-state index is 0.106. The van der Waals surface area contributed by atoms with E-state index in [-0.39, 0.29) is 5.91 Å². The predicted octanol–water partition coefficient (Wildman–Crippen LogP) is 2.49. The quantitative estimate of drug-likeness (QED) is 0.725. The summed E-state index contributed by atoms with van der Waals surface area (Å²) in [6, 6.07) is 12.9. The summed E-state index contributed by atoms with van der Waals surface area (Å²) < 4.78 is 7.43. The third-order valence-corrected chi connectivity index (χ3v) is 3.61. The van der Waals surface area contributed by atoms with Gasteiger partial charge in [-0.05, 0) is 42.8 Å². The second-order valence-electron chi connectivity index (χ2n) is 5.42. The van der Waals surface area contributed by atoms with Crippen LogP contribution in [0.5, 0.6) is 5.75 Å². The van der Waals surface area contributed by atoms with Gasteiger partial charge in [0.25, 0.3) is 5.91 Å². The van der Waals surface area contributed by atoms with E-state index in [2.05, 4.69) is 22.4 Å². The van der Waals surface area contributed by atoms with Crippen molar-refractivity contribution in [3.8, 4) is 5.75 Å². The molecule has 0 radical (unpaired) electrons. The summed E-state index contributed by atoms with van der Waals surface area (Å²) in [6.45, 7) is 3.24. The summed E-state index contributed by atoms with van der Waals surface area (Å²) in [5, 5.41) is 11.1. The molecule has 0 aliphatic carbocycles. The lowest BCUT2D eigenvalue weighted by atomic mass is 10.2. The summed E-state index contributed by atoms with van der Waals surface area (Å²) >= 11 is 0. The van der Waals surface area contributed by atoms with Crippen molar-refractivity contribution in [1.82, 2.24) is 19.9 Å². The number of fused-ring (bicyclic) bond motifs is 1. The SMILES string of the molecule is CCCOc1ccc(C(=O)NCCc2nnc3ccccn23)cc1. The summed E-state index contributed by atoms with van der Waals surface area (Å²) in [4.78, 5) is 12.2. The largest absolute Gasteiger partial charge is 0.494 e. The number of pyridine rings is 1. The first-order valence-corrected chi connectivity index (χ1v) is 8.07. The molecule has 0 fully saturated rings. The molecule has 24 heavy (non-hydrogen) atoms. The number of rotatable bonds is 7. The molecule has 0 aliphatic rings. The summed E-state index contributed by atoms with van der Waals surface area (Å²) in [5.74, 6) is 1.50. The maximum atomic E-state index is 12.2. The number of nitrogens with zero attached hydrogens (tertiary/aromatic N) is 3. The second kappa shape index (κ2) is 7.59. The Morgan fingerprint density at radius 1 is 1.17 bits per heavy atom. The first-order chi connectivity index (χ1) is 11.8. The van der Waals surface area contributed by atoms with Crippen molar-refractivity contribution in [3.63, 3.8) is 0 Å². The fourth-order valence-electron chi connectivity index (χ4n) is 2.37. The third kappa shape index (κ3) is 3.71. The maximum absolute atomic E-state index is 12.2. The third-order valence-electron chi connectivity index (χ3n) is 3.61. The number of carbonyl (C=O) groups excluding carboxylic acids is 1. The molecule has 1 aromatic carbocycles. The second-order valence-corrected chi connectivity index (χ2v) is 5.42. The number of hydrogen-bond acceptors (Lipinski definition) is 4. The smallest absolute Gasteiger partial charge is 0.251 e. The lowest BCUT2D eigenvalue weighted by molar-refractivity contribution is 0.0954. The summed E-state index contributed by atoms with van der Waals surface area (Å²) in [5.41, 5.74) is 1.42. The lowest BCUT2D eigenvalue weighted by Crippen LogP contribution is -2.26. The van der Waals surface area contributed by atoms with E-state index < -0.39 is 0 Å². The van der Waals surface area contributed by atoms with Crippen molar-refractivity contribution in [2.45, 2.75) is 19.8 Å². The van der Waals surface area contributed by atoms with Crippen molar-refractivity contribution in [3.05, 3.63) is 60.0 Å². The fraction of sp³-hybridized carbons (Fsp3) is 0.278. The molecule has 2 aromatic heterocycles. The Bertz CT molecular complexity index is 811. The van der Waals surface area contributed by atoms with Gasteiger partial charge in [-0.2, -0.15) is 0 Å². The van der Waals surface area contributed by atoms with Crippen molar-refractivity contribution in [1.29, 1.82) is 0 Å². The highest BCUT2D eigenvalue weighted by Crippen LogP contribution is 2.12. The van der Waals surface area contributed by atoms with Gasteiger partial charge in [0.2, 0.25) is 0 Å². The predicted molar refractivity (Wildman–Crippen MR) is 91.3 cm³/mol. The normalized spacial score (nSPS) is 10.7. The molecular weight excluding hydrogens is 304 g/mol. The van der Waals surface area contributed by atoms with Crippen LogP contribution in [0.4, 0.5) is 0 Å². The minimum Gasteiger partial charge on any atom is -0.494 e. The van der Waals surface area contributed by atoms with Crippen LogP contribution in [-0.4, -0.2) is 33.7 Å². The van der Waals surface area contributed by atoms with Crippen LogP contribution < -0.4 is 10.1 Å². The van der Waals surface area contributed by atoms with Gasteiger partial charge < -0.3 is 10.1 Å². The Morgan fingerprint density at radius 2 is 2.00 bits per heavy atom. The van der Waals surface area contributed by atoms with Crippen LogP contribution >= 0.6 is 0 Å². The van der Waals surface area contributed by atoms with Gasteiger partial charge in [0.05, 0.1) is 6.61 Å². The molecule has 0 bridgehead atoms. The molecule has 0 unspecified atom stereocenters. The molecule has 3 aromatic rings. The van der Waals surface area contributed by atoms with Gasteiger partial charge in [0, 0.05) is 24.7 Å². The monoisotopic (exact) mass is 324 g/mol. The molecule has 0 spiro atoms. The van der Waals surface area contributed by atoms with Gasteiger partial charge >= 0.3 is 0 Å². The zero-order valence-corrected chi connectivity index (χ0v) is 13.6. The molecule has 0 saturated carbocycles.